The van der Waals surface area contributed by atoms with Crippen molar-refractivity contribution in [3.8, 4) is 0 Å². The van der Waals surface area contributed by atoms with Crippen LogP contribution in [0.5, 0.6) is 0 Å². The molecule has 1 amide bonds. The summed E-state index contributed by atoms with van der Waals surface area (Å²) >= 11 is 1.81. The van der Waals surface area contributed by atoms with Gasteiger partial charge in [-0.15, -0.1) is 11.3 Å². The summed E-state index contributed by atoms with van der Waals surface area (Å²) in [5.74, 6) is 0.104. The zero-order chi connectivity index (χ0) is 19.3. The van der Waals surface area contributed by atoms with E-state index in [0.29, 0.717) is 6.54 Å². The second-order valence-electron chi connectivity index (χ2n) is 7.49. The molecule has 0 spiro atoms. The molecule has 0 aliphatic carbocycles. The lowest BCUT2D eigenvalue weighted by Crippen LogP contribution is -2.49. The Balaban J connectivity index is 1.28. The van der Waals surface area contributed by atoms with Crippen molar-refractivity contribution in [3.05, 3.63) is 70.4 Å². The minimum absolute atomic E-state index is 0.00119. The van der Waals surface area contributed by atoms with Gasteiger partial charge in [0.1, 0.15) is 0 Å². The van der Waals surface area contributed by atoms with Gasteiger partial charge in [0.2, 0.25) is 5.91 Å². The van der Waals surface area contributed by atoms with Gasteiger partial charge < -0.3 is 5.32 Å². The molecule has 0 unspecified atom stereocenters. The third kappa shape index (κ3) is 4.61. The van der Waals surface area contributed by atoms with Crippen molar-refractivity contribution in [2.45, 2.75) is 19.5 Å². The van der Waals surface area contributed by atoms with Crippen LogP contribution < -0.4 is 5.32 Å². The van der Waals surface area contributed by atoms with Crippen LogP contribution in [0.4, 0.5) is 0 Å². The number of carbonyl (C=O) groups excluding carboxylic acids is 1. The molecule has 0 bridgehead atoms. The van der Waals surface area contributed by atoms with Crippen molar-refractivity contribution in [2.75, 3.05) is 32.7 Å². The van der Waals surface area contributed by atoms with E-state index in [0.717, 1.165) is 32.7 Å². The number of thiophene rings is 1. The van der Waals surface area contributed by atoms with Gasteiger partial charge in [0.05, 0.1) is 12.6 Å². The minimum atomic E-state index is -0.00119. The quantitative estimate of drug-likeness (QED) is 0.690. The zero-order valence-corrected chi connectivity index (χ0v) is 17.1. The number of fused-ring (bicyclic) bond motifs is 1. The molecule has 1 aromatic heterocycles. The summed E-state index contributed by atoms with van der Waals surface area (Å²) in [6.45, 7) is 7.49. The van der Waals surface area contributed by atoms with Crippen LogP contribution in [0.15, 0.2) is 60.0 Å². The normalized spacial score (nSPS) is 16.9. The van der Waals surface area contributed by atoms with Crippen LogP contribution in [0.2, 0.25) is 0 Å². The molecule has 146 valence electrons. The van der Waals surface area contributed by atoms with E-state index in [1.807, 2.05) is 17.4 Å². The van der Waals surface area contributed by atoms with Crippen molar-refractivity contribution < 1.29 is 4.79 Å². The molecule has 0 saturated carbocycles. The highest BCUT2D eigenvalue weighted by Crippen LogP contribution is 2.24. The van der Waals surface area contributed by atoms with Crippen LogP contribution in [-0.4, -0.2) is 48.4 Å². The molecule has 1 atom stereocenters. The highest BCUT2D eigenvalue weighted by atomic mass is 32.1. The first kappa shape index (κ1) is 19.1. The lowest BCUT2D eigenvalue weighted by molar-refractivity contribution is -0.123. The Bertz CT molecular complexity index is 911. The number of hydrogen-bond acceptors (Lipinski definition) is 4. The largest absolute Gasteiger partial charge is 0.348 e. The summed E-state index contributed by atoms with van der Waals surface area (Å²) in [7, 11) is 0. The van der Waals surface area contributed by atoms with Crippen LogP contribution in [-0.2, 0) is 11.3 Å². The molecule has 1 aliphatic heterocycles. The summed E-state index contributed by atoms with van der Waals surface area (Å²) in [5, 5.41) is 7.74. The molecule has 3 aromatic rings. The van der Waals surface area contributed by atoms with E-state index in [-0.39, 0.29) is 11.9 Å². The molecule has 1 N–H and O–H groups in total. The molecule has 0 radical (unpaired) electrons. The number of rotatable bonds is 6. The molecule has 4 nitrogen and oxygen atoms in total. The lowest BCUT2D eigenvalue weighted by atomic mass is 10.00. The molecule has 5 heteroatoms. The first-order chi connectivity index (χ1) is 13.7. The molecule has 1 saturated heterocycles. The van der Waals surface area contributed by atoms with Crippen LogP contribution in [0.1, 0.15) is 23.4 Å². The summed E-state index contributed by atoms with van der Waals surface area (Å²) in [6, 6.07) is 18.9. The van der Waals surface area contributed by atoms with E-state index >= 15 is 0 Å². The Labute approximate surface area is 170 Å². The number of carbonyl (C=O) groups is 1. The van der Waals surface area contributed by atoms with E-state index in [1.54, 1.807) is 0 Å². The Kier molecular flexibility index (Phi) is 6.05. The molecule has 2 aromatic carbocycles. The van der Waals surface area contributed by atoms with E-state index in [9.17, 15) is 4.79 Å². The van der Waals surface area contributed by atoms with Gasteiger partial charge in [-0.05, 0) is 34.7 Å². The van der Waals surface area contributed by atoms with Gasteiger partial charge in [-0.25, -0.2) is 0 Å². The van der Waals surface area contributed by atoms with Gasteiger partial charge in [-0.1, -0.05) is 48.5 Å². The number of piperazine rings is 1. The second-order valence-corrected chi connectivity index (χ2v) is 8.52. The third-order valence-electron chi connectivity index (χ3n) is 5.46. The average molecular weight is 394 g/mol. The number of benzene rings is 2. The maximum atomic E-state index is 12.6. The van der Waals surface area contributed by atoms with Crippen LogP contribution in [0.25, 0.3) is 10.8 Å². The first-order valence-electron chi connectivity index (χ1n) is 9.93. The molecule has 4 rings (SSSR count). The number of nitrogens with one attached hydrogen (secondary N) is 1. The van der Waals surface area contributed by atoms with Crippen molar-refractivity contribution in [1.82, 2.24) is 15.1 Å². The minimum Gasteiger partial charge on any atom is -0.348 e. The summed E-state index contributed by atoms with van der Waals surface area (Å²) < 4.78 is 0. The van der Waals surface area contributed by atoms with Gasteiger partial charge in [-0.3, -0.25) is 14.6 Å². The molecule has 2 heterocycles. The van der Waals surface area contributed by atoms with E-state index in [4.69, 9.17) is 0 Å². The van der Waals surface area contributed by atoms with Crippen molar-refractivity contribution >= 4 is 28.0 Å². The molecule has 1 aliphatic rings. The smallest absolute Gasteiger partial charge is 0.234 e. The Morgan fingerprint density at radius 2 is 1.75 bits per heavy atom. The molecule has 1 fully saturated rings. The number of hydrogen-bond donors (Lipinski definition) is 1. The third-order valence-corrected chi connectivity index (χ3v) is 6.32. The van der Waals surface area contributed by atoms with Gasteiger partial charge in [-0.2, -0.15) is 0 Å². The fourth-order valence-corrected chi connectivity index (χ4v) is 4.67. The van der Waals surface area contributed by atoms with Crippen molar-refractivity contribution in [2.24, 2.45) is 0 Å². The van der Waals surface area contributed by atoms with E-state index < -0.39 is 0 Å². The highest BCUT2D eigenvalue weighted by molar-refractivity contribution is 7.09. The fourth-order valence-electron chi connectivity index (χ4n) is 3.92. The Morgan fingerprint density at radius 3 is 2.54 bits per heavy atom. The summed E-state index contributed by atoms with van der Waals surface area (Å²) in [5.41, 5.74) is 1.17. The SMILES string of the molecule is C[C@@H](NC(=O)CN1CCN(Cc2cccs2)CC1)c1cccc2ccccc12. The summed E-state index contributed by atoms with van der Waals surface area (Å²) in [4.78, 5) is 18.7. The van der Waals surface area contributed by atoms with Gasteiger partial charge >= 0.3 is 0 Å². The molecule has 28 heavy (non-hydrogen) atoms. The predicted molar refractivity (Wildman–Crippen MR) is 117 cm³/mol. The van der Waals surface area contributed by atoms with Gasteiger partial charge in [0.25, 0.3) is 0 Å². The van der Waals surface area contributed by atoms with Crippen LogP contribution in [0.3, 0.4) is 0 Å². The maximum absolute atomic E-state index is 12.6. The first-order valence-corrected chi connectivity index (χ1v) is 10.8. The van der Waals surface area contributed by atoms with Crippen LogP contribution >= 0.6 is 11.3 Å². The summed E-state index contributed by atoms with van der Waals surface area (Å²) in [6.07, 6.45) is 0. The van der Waals surface area contributed by atoms with Crippen molar-refractivity contribution in [3.63, 3.8) is 0 Å². The standard InChI is InChI=1S/C23H27N3OS/c1-18(21-10-4-7-19-6-2-3-9-22(19)21)24-23(27)17-26-13-11-25(12-14-26)16-20-8-5-15-28-20/h2-10,15,18H,11-14,16-17H2,1H3,(H,24,27)/t18-/m1/s1. The number of amides is 1. The predicted octanol–water partition coefficient (Wildman–Crippen LogP) is 3.90. The van der Waals surface area contributed by atoms with E-state index in [2.05, 4.69) is 76.0 Å². The second kappa shape index (κ2) is 8.86. The topological polar surface area (TPSA) is 35.6 Å². The van der Waals surface area contributed by atoms with E-state index in [1.165, 1.54) is 21.2 Å². The van der Waals surface area contributed by atoms with Gasteiger partial charge in [0, 0.05) is 37.6 Å². The molecular formula is C23H27N3OS. The maximum Gasteiger partial charge on any atom is 0.234 e. The Hall–Kier alpha value is -2.21. The fraction of sp³-hybridized carbons (Fsp3) is 0.348. The van der Waals surface area contributed by atoms with Crippen LogP contribution in [0, 0.1) is 0 Å². The monoisotopic (exact) mass is 393 g/mol. The average Bonchev–Trinajstić information content (AvgIpc) is 3.22. The molecular weight excluding hydrogens is 366 g/mol. The number of nitrogens with zero attached hydrogens (tertiary/aromatic N) is 2. The highest BCUT2D eigenvalue weighted by Gasteiger charge is 2.20. The van der Waals surface area contributed by atoms with Crippen molar-refractivity contribution in [1.29, 1.82) is 0 Å². The zero-order valence-electron chi connectivity index (χ0n) is 16.3. The lowest BCUT2D eigenvalue weighted by Gasteiger charge is -2.34. The van der Waals surface area contributed by atoms with Gasteiger partial charge in [0.15, 0.2) is 0 Å². The Morgan fingerprint density at radius 1 is 1.00 bits per heavy atom.